The molecule has 0 bridgehead atoms. The average Bonchev–Trinajstić information content (AvgIpc) is 2.79. The third-order valence-corrected chi connectivity index (χ3v) is 4.95. The molecular formula is C20H24FN3O2. The Morgan fingerprint density at radius 2 is 1.92 bits per heavy atom. The molecule has 26 heavy (non-hydrogen) atoms. The zero-order chi connectivity index (χ0) is 18.8. The molecule has 0 fully saturated rings. The average molecular weight is 357 g/mol. The number of rotatable bonds is 4. The van der Waals surface area contributed by atoms with Crippen LogP contribution in [0.1, 0.15) is 30.2 Å². The first-order valence-electron chi connectivity index (χ1n) is 8.93. The number of aromatic nitrogens is 2. The van der Waals surface area contributed by atoms with E-state index < -0.39 is 5.69 Å². The highest BCUT2D eigenvalue weighted by Crippen LogP contribution is 2.26. The second-order valence-electron chi connectivity index (χ2n) is 6.75. The second kappa shape index (κ2) is 7.41. The minimum atomic E-state index is -0.466. The molecule has 0 aliphatic heterocycles. The minimum absolute atomic E-state index is 0.285. The van der Waals surface area contributed by atoms with Gasteiger partial charge in [-0.3, -0.25) is 9.36 Å². The van der Waals surface area contributed by atoms with Crippen LogP contribution < -0.4 is 16.6 Å². The Bertz CT molecular complexity index is 955. The summed E-state index contributed by atoms with van der Waals surface area (Å²) in [6, 6.07) is 7.23. The van der Waals surface area contributed by atoms with E-state index >= 15 is 0 Å². The number of nitrogens with one attached hydrogen (secondary N) is 1. The monoisotopic (exact) mass is 357 g/mol. The first kappa shape index (κ1) is 18.3. The van der Waals surface area contributed by atoms with Crippen molar-refractivity contribution in [1.29, 1.82) is 0 Å². The van der Waals surface area contributed by atoms with Crippen molar-refractivity contribution in [2.24, 2.45) is 13.0 Å². The molecule has 0 radical (unpaired) electrons. The number of hydrogen-bond acceptors (Lipinski definition) is 3. The quantitative estimate of drug-likeness (QED) is 0.914. The van der Waals surface area contributed by atoms with Gasteiger partial charge in [-0.2, -0.15) is 0 Å². The summed E-state index contributed by atoms with van der Waals surface area (Å²) in [5, 5.41) is 3.15. The lowest BCUT2D eigenvalue weighted by Gasteiger charge is -2.14. The molecule has 1 unspecified atom stereocenters. The van der Waals surface area contributed by atoms with Crippen molar-refractivity contribution < 1.29 is 4.39 Å². The Kier molecular flexibility index (Phi) is 5.23. The van der Waals surface area contributed by atoms with Gasteiger partial charge in [0.2, 0.25) is 0 Å². The van der Waals surface area contributed by atoms with E-state index in [1.807, 2.05) is 26.0 Å². The number of aryl methyl sites for hydroxylation is 1. The maximum atomic E-state index is 14.6. The summed E-state index contributed by atoms with van der Waals surface area (Å²) in [6.45, 7) is 5.19. The SMILES string of the molecule is CCNCC1CCc2c(n(C)c(=O)n(-c3ccc(C)cc3)c2=O)C=C1F. The smallest absolute Gasteiger partial charge is 0.316 e. The van der Waals surface area contributed by atoms with Crippen LogP contribution in [0.15, 0.2) is 39.7 Å². The van der Waals surface area contributed by atoms with Crippen LogP contribution in [0.2, 0.25) is 0 Å². The van der Waals surface area contributed by atoms with Crippen LogP contribution in [0.5, 0.6) is 0 Å². The third-order valence-electron chi connectivity index (χ3n) is 4.95. The van der Waals surface area contributed by atoms with Gasteiger partial charge in [0.1, 0.15) is 5.83 Å². The Morgan fingerprint density at radius 1 is 1.23 bits per heavy atom. The van der Waals surface area contributed by atoms with Crippen LogP contribution in [0.25, 0.3) is 11.8 Å². The van der Waals surface area contributed by atoms with E-state index in [0.717, 1.165) is 12.1 Å². The Labute approximate surface area is 151 Å². The van der Waals surface area contributed by atoms with Crippen molar-refractivity contribution in [3.05, 3.63) is 67.8 Å². The van der Waals surface area contributed by atoms with Crippen molar-refractivity contribution in [2.75, 3.05) is 13.1 Å². The molecule has 0 amide bonds. The molecule has 5 nitrogen and oxygen atoms in total. The van der Waals surface area contributed by atoms with E-state index in [-0.39, 0.29) is 17.3 Å². The highest BCUT2D eigenvalue weighted by Gasteiger charge is 2.24. The lowest BCUT2D eigenvalue weighted by atomic mass is 10.0. The van der Waals surface area contributed by atoms with Crippen LogP contribution in [0.4, 0.5) is 4.39 Å². The zero-order valence-corrected chi connectivity index (χ0v) is 15.4. The maximum Gasteiger partial charge on any atom is 0.335 e. The van der Waals surface area contributed by atoms with Crippen LogP contribution in [-0.4, -0.2) is 22.2 Å². The van der Waals surface area contributed by atoms with Crippen LogP contribution in [-0.2, 0) is 13.5 Å². The predicted molar refractivity (Wildman–Crippen MR) is 101 cm³/mol. The van der Waals surface area contributed by atoms with Gasteiger partial charge >= 0.3 is 5.69 Å². The maximum absolute atomic E-state index is 14.6. The molecule has 1 aliphatic rings. The number of fused-ring (bicyclic) bond motifs is 1. The molecular weight excluding hydrogens is 333 g/mol. The normalized spacial score (nSPS) is 16.8. The molecule has 2 aromatic rings. The lowest BCUT2D eigenvalue weighted by Crippen LogP contribution is -2.41. The van der Waals surface area contributed by atoms with E-state index in [9.17, 15) is 14.0 Å². The summed E-state index contributed by atoms with van der Waals surface area (Å²) >= 11 is 0. The van der Waals surface area contributed by atoms with Gasteiger partial charge in [-0.15, -0.1) is 0 Å². The van der Waals surface area contributed by atoms with Crippen molar-refractivity contribution in [1.82, 2.24) is 14.5 Å². The van der Waals surface area contributed by atoms with Gasteiger partial charge in [-0.25, -0.2) is 13.8 Å². The fourth-order valence-corrected chi connectivity index (χ4v) is 3.35. The van der Waals surface area contributed by atoms with Crippen molar-refractivity contribution in [3.63, 3.8) is 0 Å². The molecule has 1 atom stereocenters. The summed E-state index contributed by atoms with van der Waals surface area (Å²) in [5.41, 5.74) is 1.61. The standard InChI is InChI=1S/C20H24FN3O2/c1-4-22-12-14-7-10-16-18(11-17(14)21)23(3)20(26)24(19(16)25)15-8-5-13(2)6-9-15/h5-6,8-9,11,14,22H,4,7,10,12H2,1-3H3. The van der Waals surface area contributed by atoms with Gasteiger partial charge in [0, 0.05) is 25.1 Å². The third kappa shape index (κ3) is 3.29. The summed E-state index contributed by atoms with van der Waals surface area (Å²) in [4.78, 5) is 25.8. The molecule has 0 spiro atoms. The van der Waals surface area contributed by atoms with E-state index in [4.69, 9.17) is 0 Å². The highest BCUT2D eigenvalue weighted by atomic mass is 19.1. The highest BCUT2D eigenvalue weighted by molar-refractivity contribution is 5.54. The number of hydrogen-bond donors (Lipinski definition) is 1. The fourth-order valence-electron chi connectivity index (χ4n) is 3.35. The molecule has 1 aromatic carbocycles. The molecule has 0 saturated carbocycles. The van der Waals surface area contributed by atoms with E-state index in [0.29, 0.717) is 36.3 Å². The summed E-state index contributed by atoms with van der Waals surface area (Å²) in [6.07, 6.45) is 2.32. The summed E-state index contributed by atoms with van der Waals surface area (Å²) < 4.78 is 17.2. The summed E-state index contributed by atoms with van der Waals surface area (Å²) in [5.74, 6) is -0.572. The molecule has 1 aromatic heterocycles. The van der Waals surface area contributed by atoms with Crippen molar-refractivity contribution in [2.45, 2.75) is 26.7 Å². The number of halogens is 1. The van der Waals surface area contributed by atoms with Gasteiger partial charge in [0.25, 0.3) is 5.56 Å². The molecule has 1 aliphatic carbocycles. The van der Waals surface area contributed by atoms with Gasteiger partial charge in [-0.05, 0) is 44.5 Å². The van der Waals surface area contributed by atoms with Gasteiger partial charge in [0.05, 0.1) is 11.4 Å². The van der Waals surface area contributed by atoms with Crippen LogP contribution >= 0.6 is 0 Å². The Balaban J connectivity index is 2.14. The molecule has 6 heteroatoms. The zero-order valence-electron chi connectivity index (χ0n) is 15.4. The van der Waals surface area contributed by atoms with Crippen LogP contribution in [0, 0.1) is 12.8 Å². The van der Waals surface area contributed by atoms with Gasteiger partial charge in [-0.1, -0.05) is 24.6 Å². The number of nitrogens with zero attached hydrogens (tertiary/aromatic N) is 2. The Hall–Kier alpha value is -2.47. The Morgan fingerprint density at radius 3 is 2.58 bits per heavy atom. The van der Waals surface area contributed by atoms with E-state index in [1.165, 1.54) is 15.2 Å². The molecule has 138 valence electrons. The molecule has 0 saturated heterocycles. The van der Waals surface area contributed by atoms with Crippen molar-refractivity contribution in [3.8, 4) is 5.69 Å². The lowest BCUT2D eigenvalue weighted by molar-refractivity contribution is 0.426. The van der Waals surface area contributed by atoms with E-state index in [2.05, 4.69) is 5.32 Å². The topological polar surface area (TPSA) is 56.0 Å². The molecule has 1 heterocycles. The van der Waals surface area contributed by atoms with Gasteiger partial charge < -0.3 is 5.32 Å². The van der Waals surface area contributed by atoms with Crippen molar-refractivity contribution >= 4 is 6.08 Å². The fraction of sp³-hybridized carbons (Fsp3) is 0.400. The van der Waals surface area contributed by atoms with E-state index in [1.54, 1.807) is 19.2 Å². The first-order valence-corrected chi connectivity index (χ1v) is 8.93. The summed E-state index contributed by atoms with van der Waals surface area (Å²) in [7, 11) is 1.58. The largest absolute Gasteiger partial charge is 0.335 e. The molecule has 1 N–H and O–H groups in total. The molecule has 3 rings (SSSR count). The first-order chi connectivity index (χ1) is 12.4. The number of benzene rings is 1. The van der Waals surface area contributed by atoms with Gasteiger partial charge in [0.15, 0.2) is 0 Å². The predicted octanol–water partition coefficient (Wildman–Crippen LogP) is 2.33. The second-order valence-corrected chi connectivity index (χ2v) is 6.75. The van der Waals surface area contributed by atoms with Crippen LogP contribution in [0.3, 0.4) is 0 Å². The minimum Gasteiger partial charge on any atom is -0.316 e.